The standard InChI is InChI=1S/C20H25F2N3O4S2/c1-15-13-17(3-5-19(15)21)30(26,27)23-7-8-24-9-11-25(12-10-24)31(28,29)18-4-6-20(22)16(2)14-18/h3-6,13-14,23H,7-12H2,1-2H3. The molecule has 1 fully saturated rings. The SMILES string of the molecule is Cc1cc(S(=O)(=O)NCCN2CCN(S(=O)(=O)c3ccc(F)c(C)c3)CC2)ccc1F. The lowest BCUT2D eigenvalue weighted by Gasteiger charge is -2.34. The lowest BCUT2D eigenvalue weighted by Crippen LogP contribution is -2.50. The van der Waals surface area contributed by atoms with Gasteiger partial charge in [0.05, 0.1) is 9.79 Å². The van der Waals surface area contributed by atoms with Gasteiger partial charge in [-0.05, 0) is 61.4 Å². The van der Waals surface area contributed by atoms with Crippen LogP contribution in [0, 0.1) is 25.5 Å². The van der Waals surface area contributed by atoms with Gasteiger partial charge in [-0.2, -0.15) is 4.31 Å². The first-order valence-corrected chi connectivity index (χ1v) is 12.7. The largest absolute Gasteiger partial charge is 0.299 e. The van der Waals surface area contributed by atoms with E-state index in [4.69, 9.17) is 0 Å². The first-order chi connectivity index (χ1) is 14.5. The van der Waals surface area contributed by atoms with Crippen molar-refractivity contribution >= 4 is 20.0 Å². The fourth-order valence-electron chi connectivity index (χ4n) is 3.33. The van der Waals surface area contributed by atoms with Crippen LogP contribution in [-0.4, -0.2) is 65.3 Å². The molecule has 170 valence electrons. The third-order valence-electron chi connectivity index (χ3n) is 5.26. The molecule has 0 aromatic heterocycles. The van der Waals surface area contributed by atoms with Crippen molar-refractivity contribution in [2.45, 2.75) is 23.6 Å². The summed E-state index contributed by atoms with van der Waals surface area (Å²) in [6.45, 7) is 4.94. The molecule has 1 aliphatic heterocycles. The zero-order valence-corrected chi connectivity index (χ0v) is 18.9. The van der Waals surface area contributed by atoms with Crippen LogP contribution in [0.4, 0.5) is 8.78 Å². The molecule has 0 spiro atoms. The molecule has 3 rings (SSSR count). The molecule has 0 unspecified atom stereocenters. The fraction of sp³-hybridized carbons (Fsp3) is 0.400. The molecule has 0 atom stereocenters. The van der Waals surface area contributed by atoms with Crippen LogP contribution in [0.3, 0.4) is 0 Å². The molecular formula is C20H25F2N3O4S2. The maximum absolute atomic E-state index is 13.4. The zero-order chi connectivity index (χ0) is 22.8. The summed E-state index contributed by atoms with van der Waals surface area (Å²) >= 11 is 0. The van der Waals surface area contributed by atoms with Gasteiger partial charge < -0.3 is 0 Å². The summed E-state index contributed by atoms with van der Waals surface area (Å²) < 4.78 is 80.9. The normalized spacial score (nSPS) is 16.5. The molecule has 2 aromatic rings. The van der Waals surface area contributed by atoms with E-state index in [0.29, 0.717) is 19.6 Å². The molecule has 0 aliphatic carbocycles. The van der Waals surface area contributed by atoms with E-state index in [1.54, 1.807) is 0 Å². The predicted octanol–water partition coefficient (Wildman–Crippen LogP) is 1.87. The average Bonchev–Trinajstić information content (AvgIpc) is 2.72. The Morgan fingerprint density at radius 2 is 1.35 bits per heavy atom. The molecular weight excluding hydrogens is 448 g/mol. The molecule has 0 bridgehead atoms. The van der Waals surface area contributed by atoms with Crippen molar-refractivity contribution in [1.29, 1.82) is 0 Å². The number of nitrogens with zero attached hydrogens (tertiary/aromatic N) is 2. The second kappa shape index (κ2) is 9.29. The van der Waals surface area contributed by atoms with Gasteiger partial charge >= 0.3 is 0 Å². The highest BCUT2D eigenvalue weighted by Crippen LogP contribution is 2.20. The number of halogens is 2. The highest BCUT2D eigenvalue weighted by molar-refractivity contribution is 7.89. The molecule has 0 radical (unpaired) electrons. The van der Waals surface area contributed by atoms with Crippen LogP contribution in [0.5, 0.6) is 0 Å². The van der Waals surface area contributed by atoms with Gasteiger partial charge in [0.15, 0.2) is 0 Å². The van der Waals surface area contributed by atoms with Gasteiger partial charge in [0.2, 0.25) is 20.0 Å². The van der Waals surface area contributed by atoms with Crippen LogP contribution in [0.15, 0.2) is 46.2 Å². The van der Waals surface area contributed by atoms with E-state index in [-0.39, 0.29) is 40.6 Å². The summed E-state index contributed by atoms with van der Waals surface area (Å²) in [5.74, 6) is -0.926. The highest BCUT2D eigenvalue weighted by atomic mass is 32.2. The minimum atomic E-state index is -3.76. The Morgan fingerprint density at radius 1 is 0.839 bits per heavy atom. The second-order valence-electron chi connectivity index (χ2n) is 7.47. The van der Waals surface area contributed by atoms with Crippen LogP contribution in [0.1, 0.15) is 11.1 Å². The van der Waals surface area contributed by atoms with Gasteiger partial charge in [0, 0.05) is 39.3 Å². The minimum Gasteiger partial charge on any atom is -0.299 e. The Balaban J connectivity index is 1.53. The summed E-state index contributed by atoms with van der Waals surface area (Å²) in [5, 5.41) is 0. The molecule has 2 aromatic carbocycles. The van der Waals surface area contributed by atoms with E-state index in [9.17, 15) is 25.6 Å². The quantitative estimate of drug-likeness (QED) is 0.664. The number of aryl methyl sites for hydroxylation is 2. The van der Waals surface area contributed by atoms with Crippen molar-refractivity contribution in [2.75, 3.05) is 39.3 Å². The molecule has 7 nitrogen and oxygen atoms in total. The smallest absolute Gasteiger partial charge is 0.243 e. The Hall–Kier alpha value is -1.92. The topological polar surface area (TPSA) is 86.8 Å². The van der Waals surface area contributed by atoms with Crippen molar-refractivity contribution < 1.29 is 25.6 Å². The zero-order valence-electron chi connectivity index (χ0n) is 17.3. The molecule has 0 saturated carbocycles. The maximum atomic E-state index is 13.4. The maximum Gasteiger partial charge on any atom is 0.243 e. The lowest BCUT2D eigenvalue weighted by molar-refractivity contribution is 0.191. The van der Waals surface area contributed by atoms with Gasteiger partial charge in [0.25, 0.3) is 0 Å². The number of hydrogen-bond acceptors (Lipinski definition) is 5. The Kier molecular flexibility index (Phi) is 7.11. The number of benzene rings is 2. The van der Waals surface area contributed by atoms with Crippen molar-refractivity contribution in [3.63, 3.8) is 0 Å². The predicted molar refractivity (Wildman–Crippen MR) is 113 cm³/mol. The van der Waals surface area contributed by atoms with Crippen molar-refractivity contribution in [3.8, 4) is 0 Å². The number of sulfonamides is 2. The third-order valence-corrected chi connectivity index (χ3v) is 8.61. The van der Waals surface area contributed by atoms with Crippen molar-refractivity contribution in [2.24, 2.45) is 0 Å². The lowest BCUT2D eigenvalue weighted by atomic mass is 10.2. The molecule has 1 aliphatic rings. The molecule has 1 heterocycles. The summed E-state index contributed by atoms with van der Waals surface area (Å²) in [5.41, 5.74) is 0.514. The molecule has 1 saturated heterocycles. The van der Waals surface area contributed by atoms with Crippen LogP contribution in [0.2, 0.25) is 0 Å². The van der Waals surface area contributed by atoms with E-state index < -0.39 is 31.7 Å². The van der Waals surface area contributed by atoms with Gasteiger partial charge in [-0.25, -0.2) is 30.3 Å². The third kappa shape index (κ3) is 5.47. The molecule has 31 heavy (non-hydrogen) atoms. The number of hydrogen-bond donors (Lipinski definition) is 1. The van der Waals surface area contributed by atoms with Crippen LogP contribution in [-0.2, 0) is 20.0 Å². The summed E-state index contributed by atoms with van der Waals surface area (Å²) in [6.07, 6.45) is 0. The van der Waals surface area contributed by atoms with Gasteiger partial charge in [-0.15, -0.1) is 0 Å². The number of nitrogens with one attached hydrogen (secondary N) is 1. The van der Waals surface area contributed by atoms with Crippen LogP contribution >= 0.6 is 0 Å². The molecule has 0 amide bonds. The van der Waals surface area contributed by atoms with Crippen LogP contribution in [0.25, 0.3) is 0 Å². The monoisotopic (exact) mass is 473 g/mol. The summed E-state index contributed by atoms with van der Waals surface area (Å²) in [6, 6.07) is 7.34. The first kappa shape index (κ1) is 23.7. The van der Waals surface area contributed by atoms with E-state index in [1.807, 2.05) is 4.90 Å². The van der Waals surface area contributed by atoms with E-state index in [0.717, 1.165) is 12.1 Å². The van der Waals surface area contributed by atoms with E-state index in [1.165, 1.54) is 42.4 Å². The van der Waals surface area contributed by atoms with E-state index >= 15 is 0 Å². The van der Waals surface area contributed by atoms with Gasteiger partial charge in [-0.1, -0.05) is 0 Å². The Morgan fingerprint density at radius 3 is 1.90 bits per heavy atom. The van der Waals surface area contributed by atoms with E-state index in [2.05, 4.69) is 4.72 Å². The van der Waals surface area contributed by atoms with Crippen molar-refractivity contribution in [3.05, 3.63) is 59.2 Å². The minimum absolute atomic E-state index is 0.00287. The second-order valence-corrected chi connectivity index (χ2v) is 11.2. The molecule has 11 heteroatoms. The highest BCUT2D eigenvalue weighted by Gasteiger charge is 2.29. The molecule has 1 N–H and O–H groups in total. The first-order valence-electron chi connectivity index (χ1n) is 9.75. The van der Waals surface area contributed by atoms with Gasteiger partial charge in [-0.3, -0.25) is 4.90 Å². The fourth-order valence-corrected chi connectivity index (χ4v) is 5.94. The van der Waals surface area contributed by atoms with Gasteiger partial charge in [0.1, 0.15) is 11.6 Å². The Labute approximate surface area is 181 Å². The average molecular weight is 474 g/mol. The summed E-state index contributed by atoms with van der Waals surface area (Å²) in [4.78, 5) is 2.01. The Bertz CT molecular complexity index is 1160. The van der Waals surface area contributed by atoms with Crippen molar-refractivity contribution in [1.82, 2.24) is 13.9 Å². The van der Waals surface area contributed by atoms with Crippen LogP contribution < -0.4 is 4.72 Å². The summed E-state index contributed by atoms with van der Waals surface area (Å²) in [7, 11) is -7.47. The number of rotatable bonds is 7. The number of piperazine rings is 1.